The highest BCUT2D eigenvalue weighted by atomic mass is 28.4. The zero-order chi connectivity index (χ0) is 15.4. The van der Waals surface area contributed by atoms with Gasteiger partial charge in [0.15, 0.2) is 8.32 Å². The van der Waals surface area contributed by atoms with Gasteiger partial charge in [-0.05, 0) is 43.8 Å². The third-order valence-corrected chi connectivity index (χ3v) is 9.36. The molecule has 0 radical (unpaired) electrons. The molecule has 0 bridgehead atoms. The summed E-state index contributed by atoms with van der Waals surface area (Å²) in [5.41, 5.74) is 0. The fourth-order valence-corrected chi connectivity index (χ4v) is 3.72. The van der Waals surface area contributed by atoms with Crippen molar-refractivity contribution in [3.05, 3.63) is 0 Å². The summed E-state index contributed by atoms with van der Waals surface area (Å²) in [6, 6.07) is 0. The summed E-state index contributed by atoms with van der Waals surface area (Å²) in [6.45, 7) is 13.2. The van der Waals surface area contributed by atoms with Crippen LogP contribution in [0.4, 0.5) is 0 Å². The fraction of sp³-hybridized carbons (Fsp3) is 0.882. The molecule has 116 valence electrons. The first-order chi connectivity index (χ1) is 9.13. The minimum Gasteiger partial charge on any atom is -0.404 e. The highest BCUT2D eigenvalue weighted by Gasteiger charge is 2.38. The van der Waals surface area contributed by atoms with Gasteiger partial charge >= 0.3 is 0 Å². The van der Waals surface area contributed by atoms with Crippen LogP contribution >= 0.6 is 0 Å². The molecule has 1 fully saturated rings. The van der Waals surface area contributed by atoms with E-state index in [1.54, 1.807) is 0 Å². The summed E-state index contributed by atoms with van der Waals surface area (Å²) < 4.78 is 6.19. The smallest absolute Gasteiger partial charge is 0.193 e. The molecule has 0 heterocycles. The number of aliphatic hydroxyl groups excluding tert-OH is 1. The van der Waals surface area contributed by atoms with Crippen molar-refractivity contribution >= 4 is 8.32 Å². The van der Waals surface area contributed by atoms with E-state index >= 15 is 0 Å². The van der Waals surface area contributed by atoms with Crippen LogP contribution in [0.1, 0.15) is 59.8 Å². The molecular weight excluding hydrogens is 264 g/mol. The summed E-state index contributed by atoms with van der Waals surface area (Å²) in [5, 5.41) is 10.4. The topological polar surface area (TPSA) is 29.5 Å². The van der Waals surface area contributed by atoms with Crippen LogP contribution in [0, 0.1) is 17.8 Å². The second kappa shape index (κ2) is 7.11. The Morgan fingerprint density at radius 3 is 2.15 bits per heavy atom. The largest absolute Gasteiger partial charge is 0.404 e. The third-order valence-electron chi connectivity index (χ3n) is 4.81. The molecule has 0 spiro atoms. The number of rotatable bonds is 3. The molecule has 1 aliphatic rings. The van der Waals surface area contributed by atoms with Crippen LogP contribution in [0.5, 0.6) is 0 Å². The molecule has 2 unspecified atom stereocenters. The van der Waals surface area contributed by atoms with E-state index in [1.165, 1.54) is 19.3 Å². The van der Waals surface area contributed by atoms with E-state index in [0.29, 0.717) is 5.92 Å². The fourth-order valence-electron chi connectivity index (χ4n) is 2.42. The van der Waals surface area contributed by atoms with E-state index in [1.807, 2.05) is 6.92 Å². The van der Waals surface area contributed by atoms with Gasteiger partial charge in [0.1, 0.15) is 12.2 Å². The van der Waals surface area contributed by atoms with Crippen molar-refractivity contribution in [3.8, 4) is 11.8 Å². The van der Waals surface area contributed by atoms with E-state index in [4.69, 9.17) is 4.43 Å². The first-order valence-electron chi connectivity index (χ1n) is 8.00. The summed E-state index contributed by atoms with van der Waals surface area (Å²) >= 11 is 0. The van der Waals surface area contributed by atoms with Gasteiger partial charge in [-0.25, -0.2) is 0 Å². The van der Waals surface area contributed by atoms with E-state index in [2.05, 4.69) is 45.7 Å². The molecule has 3 heteroatoms. The Bertz CT molecular complexity index is 353. The summed E-state index contributed by atoms with van der Waals surface area (Å²) in [6.07, 6.45) is 5.45. The predicted molar refractivity (Wildman–Crippen MR) is 88.1 cm³/mol. The molecule has 20 heavy (non-hydrogen) atoms. The Morgan fingerprint density at radius 2 is 1.65 bits per heavy atom. The molecule has 1 N–H and O–H groups in total. The van der Waals surface area contributed by atoms with Crippen LogP contribution < -0.4 is 0 Å². The van der Waals surface area contributed by atoms with Crippen LogP contribution in [-0.2, 0) is 4.43 Å². The van der Waals surface area contributed by atoms with Crippen LogP contribution in [0.15, 0.2) is 0 Å². The molecule has 0 aliphatic heterocycles. The van der Waals surface area contributed by atoms with Crippen LogP contribution in [0.2, 0.25) is 18.1 Å². The van der Waals surface area contributed by atoms with Crippen molar-refractivity contribution in [2.24, 2.45) is 5.92 Å². The van der Waals surface area contributed by atoms with Gasteiger partial charge in [0.2, 0.25) is 0 Å². The van der Waals surface area contributed by atoms with Gasteiger partial charge in [0.25, 0.3) is 0 Å². The number of hydrogen-bond acceptors (Lipinski definition) is 2. The first kappa shape index (κ1) is 17.7. The van der Waals surface area contributed by atoms with Crippen molar-refractivity contribution in [3.63, 3.8) is 0 Å². The zero-order valence-electron chi connectivity index (χ0n) is 14.1. The molecule has 2 atom stereocenters. The molecule has 0 saturated heterocycles. The molecule has 1 saturated carbocycles. The van der Waals surface area contributed by atoms with Crippen molar-refractivity contribution in [2.45, 2.75) is 90.1 Å². The van der Waals surface area contributed by atoms with Gasteiger partial charge in [-0.3, -0.25) is 0 Å². The van der Waals surface area contributed by atoms with Crippen molar-refractivity contribution in [1.82, 2.24) is 0 Å². The molecule has 0 amide bonds. The Kier molecular flexibility index (Phi) is 6.31. The van der Waals surface area contributed by atoms with E-state index in [9.17, 15) is 5.11 Å². The molecule has 1 aliphatic carbocycles. The SMILES string of the molecule is CC(C#CC(O)C1CCCCC1)O[Si](C)(C)C(C)(C)C. The van der Waals surface area contributed by atoms with E-state index in [-0.39, 0.29) is 11.1 Å². The van der Waals surface area contributed by atoms with Gasteiger partial charge in [0, 0.05) is 0 Å². The molecule has 0 aromatic heterocycles. The quantitative estimate of drug-likeness (QED) is 0.620. The van der Waals surface area contributed by atoms with Crippen molar-refractivity contribution < 1.29 is 9.53 Å². The van der Waals surface area contributed by atoms with Gasteiger partial charge in [-0.1, -0.05) is 51.9 Å². The molecular formula is C17H32O2Si. The maximum Gasteiger partial charge on any atom is 0.193 e. The minimum absolute atomic E-state index is 0.0888. The average molecular weight is 297 g/mol. The Balaban J connectivity index is 2.53. The predicted octanol–water partition coefficient (Wildman–Crippen LogP) is 4.34. The lowest BCUT2D eigenvalue weighted by Gasteiger charge is -2.37. The van der Waals surface area contributed by atoms with Gasteiger partial charge in [0.05, 0.1) is 0 Å². The summed E-state index contributed by atoms with van der Waals surface area (Å²) in [4.78, 5) is 0. The minimum atomic E-state index is -1.76. The molecule has 1 rings (SSSR count). The second-order valence-corrected chi connectivity index (χ2v) is 12.4. The molecule has 0 aromatic carbocycles. The first-order valence-corrected chi connectivity index (χ1v) is 10.9. The lowest BCUT2D eigenvalue weighted by Crippen LogP contribution is -2.43. The maximum atomic E-state index is 10.2. The van der Waals surface area contributed by atoms with E-state index in [0.717, 1.165) is 12.8 Å². The number of hydrogen-bond donors (Lipinski definition) is 1. The summed E-state index contributed by atoms with van der Waals surface area (Å²) in [5.74, 6) is 6.52. The molecule has 2 nitrogen and oxygen atoms in total. The second-order valence-electron chi connectivity index (χ2n) is 7.65. The lowest BCUT2D eigenvalue weighted by atomic mass is 9.85. The van der Waals surface area contributed by atoms with Gasteiger partial charge in [-0.15, -0.1) is 0 Å². The van der Waals surface area contributed by atoms with Crippen LogP contribution in [-0.4, -0.2) is 25.6 Å². The van der Waals surface area contributed by atoms with Gasteiger partial charge < -0.3 is 9.53 Å². The molecule has 0 aromatic rings. The van der Waals surface area contributed by atoms with Crippen molar-refractivity contribution in [2.75, 3.05) is 0 Å². The Morgan fingerprint density at radius 1 is 1.10 bits per heavy atom. The third kappa shape index (κ3) is 5.24. The van der Waals surface area contributed by atoms with Crippen molar-refractivity contribution in [1.29, 1.82) is 0 Å². The highest BCUT2D eigenvalue weighted by molar-refractivity contribution is 6.74. The van der Waals surface area contributed by atoms with Crippen LogP contribution in [0.25, 0.3) is 0 Å². The lowest BCUT2D eigenvalue weighted by molar-refractivity contribution is 0.132. The Hall–Kier alpha value is -0.303. The maximum absolute atomic E-state index is 10.2. The average Bonchev–Trinajstić information content (AvgIpc) is 2.35. The number of aliphatic hydroxyl groups is 1. The normalized spacial score (nSPS) is 20.9. The monoisotopic (exact) mass is 296 g/mol. The standard InChI is InChI=1S/C17H32O2Si/c1-14(19-20(5,6)17(2,3)4)12-13-16(18)15-10-8-7-9-11-15/h14-16,18H,7-11H2,1-6H3. The summed E-state index contributed by atoms with van der Waals surface area (Å²) in [7, 11) is -1.76. The zero-order valence-corrected chi connectivity index (χ0v) is 15.1. The van der Waals surface area contributed by atoms with Gasteiger partial charge in [-0.2, -0.15) is 0 Å². The Labute approximate surface area is 126 Å². The highest BCUT2D eigenvalue weighted by Crippen LogP contribution is 2.37. The van der Waals surface area contributed by atoms with E-state index < -0.39 is 14.4 Å². The van der Waals surface area contributed by atoms with Crippen LogP contribution in [0.3, 0.4) is 0 Å².